The number of hydrogen-bond donors (Lipinski definition) is 1. The zero-order valence-electron chi connectivity index (χ0n) is 9.25. The Balaban J connectivity index is 1.96. The summed E-state index contributed by atoms with van der Waals surface area (Å²) in [5, 5.41) is 10.5. The predicted molar refractivity (Wildman–Crippen MR) is 68.8 cm³/mol. The van der Waals surface area contributed by atoms with Gasteiger partial charge >= 0.3 is 0 Å². The number of carbonyl (C=O) groups is 1. The van der Waals surface area contributed by atoms with Crippen molar-refractivity contribution in [2.75, 3.05) is 5.32 Å². The zero-order chi connectivity index (χ0) is 12.1. The maximum Gasteiger partial charge on any atom is 0.250 e. The van der Waals surface area contributed by atoms with Gasteiger partial charge in [-0.25, -0.2) is 0 Å². The molecule has 1 heterocycles. The molecular weight excluding hydrogens is 234 g/mol. The Morgan fingerprint density at radius 1 is 1.35 bits per heavy atom. The van der Waals surface area contributed by atoms with Gasteiger partial charge in [-0.15, -0.1) is 10.2 Å². The van der Waals surface area contributed by atoms with Crippen LogP contribution in [0.3, 0.4) is 0 Å². The van der Waals surface area contributed by atoms with E-state index in [1.54, 1.807) is 11.6 Å². The van der Waals surface area contributed by atoms with Crippen molar-refractivity contribution in [2.24, 2.45) is 0 Å². The second-order valence-corrected chi connectivity index (χ2v) is 4.31. The molecule has 0 atom stereocenters. The highest BCUT2D eigenvalue weighted by Gasteiger charge is 1.99. The van der Waals surface area contributed by atoms with Crippen molar-refractivity contribution < 1.29 is 4.79 Å². The molecule has 86 valence electrons. The molecule has 0 bridgehead atoms. The van der Waals surface area contributed by atoms with Crippen molar-refractivity contribution in [1.82, 2.24) is 10.2 Å². The summed E-state index contributed by atoms with van der Waals surface area (Å²) in [5.74, 6) is -0.206. The molecule has 1 aromatic heterocycles. The second-order valence-electron chi connectivity index (χ2n) is 3.48. The van der Waals surface area contributed by atoms with E-state index < -0.39 is 0 Å². The lowest BCUT2D eigenvalue weighted by Crippen LogP contribution is -2.07. The highest BCUT2D eigenvalue weighted by Crippen LogP contribution is 2.08. The van der Waals surface area contributed by atoms with Crippen LogP contribution in [0.2, 0.25) is 0 Å². The van der Waals surface area contributed by atoms with Crippen LogP contribution in [-0.4, -0.2) is 16.1 Å². The van der Waals surface area contributed by atoms with Crippen LogP contribution < -0.4 is 5.32 Å². The second kappa shape index (κ2) is 5.36. The predicted octanol–water partition coefficient (Wildman–Crippen LogP) is 2.50. The van der Waals surface area contributed by atoms with Gasteiger partial charge in [-0.1, -0.05) is 41.2 Å². The molecule has 0 fully saturated rings. The van der Waals surface area contributed by atoms with Gasteiger partial charge in [-0.2, -0.15) is 0 Å². The molecule has 1 amide bonds. The summed E-state index contributed by atoms with van der Waals surface area (Å²) >= 11 is 1.29. The van der Waals surface area contributed by atoms with Crippen LogP contribution in [0, 0.1) is 6.92 Å². The number of nitrogens with one attached hydrogen (secondary N) is 1. The molecule has 1 N–H and O–H groups in total. The molecule has 5 heteroatoms. The summed E-state index contributed by atoms with van der Waals surface area (Å²) in [7, 11) is 0. The number of rotatable bonds is 3. The summed E-state index contributed by atoms with van der Waals surface area (Å²) in [6, 6.07) is 7.93. The number of aryl methyl sites for hydroxylation is 1. The average molecular weight is 245 g/mol. The fourth-order valence-electron chi connectivity index (χ4n) is 1.22. The SMILES string of the molecule is Cc1ccc(C=CC(=O)Nc2nncs2)cc1. The first kappa shape index (κ1) is 11.5. The van der Waals surface area contributed by atoms with Crippen molar-refractivity contribution in [3.05, 3.63) is 47.0 Å². The lowest BCUT2D eigenvalue weighted by atomic mass is 10.1. The Labute approximate surface area is 103 Å². The van der Waals surface area contributed by atoms with E-state index in [0.29, 0.717) is 5.13 Å². The van der Waals surface area contributed by atoms with E-state index in [0.717, 1.165) is 5.56 Å². The van der Waals surface area contributed by atoms with E-state index in [2.05, 4.69) is 15.5 Å². The fraction of sp³-hybridized carbons (Fsp3) is 0.0833. The summed E-state index contributed by atoms with van der Waals surface area (Å²) in [6.45, 7) is 2.02. The van der Waals surface area contributed by atoms with Crippen LogP contribution in [-0.2, 0) is 4.79 Å². The molecule has 4 nitrogen and oxygen atoms in total. The summed E-state index contributed by atoms with van der Waals surface area (Å²) < 4.78 is 0. The van der Waals surface area contributed by atoms with Crippen LogP contribution >= 0.6 is 11.3 Å². The molecular formula is C12H11N3OS. The smallest absolute Gasteiger partial charge is 0.250 e. The molecule has 0 spiro atoms. The number of carbonyl (C=O) groups excluding carboxylic acids is 1. The third kappa shape index (κ3) is 3.49. The Bertz CT molecular complexity index is 517. The molecule has 0 unspecified atom stereocenters. The van der Waals surface area contributed by atoms with E-state index in [1.165, 1.54) is 23.0 Å². The highest BCUT2D eigenvalue weighted by atomic mass is 32.1. The topological polar surface area (TPSA) is 54.9 Å². The largest absolute Gasteiger partial charge is 0.297 e. The maximum atomic E-state index is 11.5. The summed E-state index contributed by atoms with van der Waals surface area (Å²) in [4.78, 5) is 11.5. The minimum atomic E-state index is -0.206. The fourth-order valence-corrected chi connectivity index (χ4v) is 1.67. The number of amides is 1. The van der Waals surface area contributed by atoms with Gasteiger partial charge in [0.05, 0.1) is 0 Å². The zero-order valence-corrected chi connectivity index (χ0v) is 10.1. The van der Waals surface area contributed by atoms with E-state index in [-0.39, 0.29) is 5.91 Å². The van der Waals surface area contributed by atoms with Gasteiger partial charge in [-0.05, 0) is 18.6 Å². The van der Waals surface area contributed by atoms with Crippen LogP contribution in [0.4, 0.5) is 5.13 Å². The Kier molecular flexibility index (Phi) is 3.62. The third-order valence-electron chi connectivity index (χ3n) is 2.09. The van der Waals surface area contributed by atoms with Gasteiger partial charge < -0.3 is 0 Å². The van der Waals surface area contributed by atoms with Crippen LogP contribution in [0.15, 0.2) is 35.9 Å². The Hall–Kier alpha value is -2.01. The van der Waals surface area contributed by atoms with E-state index in [4.69, 9.17) is 0 Å². The molecule has 0 aliphatic rings. The number of nitrogens with zero attached hydrogens (tertiary/aromatic N) is 2. The van der Waals surface area contributed by atoms with Crippen molar-refractivity contribution in [1.29, 1.82) is 0 Å². The van der Waals surface area contributed by atoms with E-state index in [1.807, 2.05) is 31.2 Å². The standard InChI is InChI=1S/C12H11N3OS/c1-9-2-4-10(5-3-9)6-7-11(16)14-12-15-13-8-17-12/h2-8H,1H3,(H,14,15,16). The minimum Gasteiger partial charge on any atom is -0.297 e. The molecule has 17 heavy (non-hydrogen) atoms. The van der Waals surface area contributed by atoms with E-state index >= 15 is 0 Å². The van der Waals surface area contributed by atoms with Gasteiger partial charge in [0.1, 0.15) is 5.51 Å². The first-order chi connectivity index (χ1) is 8.24. The van der Waals surface area contributed by atoms with Gasteiger partial charge in [0.15, 0.2) is 0 Å². The lowest BCUT2D eigenvalue weighted by Gasteiger charge is -1.96. The summed E-state index contributed by atoms with van der Waals surface area (Å²) in [5.41, 5.74) is 3.75. The van der Waals surface area contributed by atoms with Crippen LogP contribution in [0.5, 0.6) is 0 Å². The first-order valence-corrected chi connectivity index (χ1v) is 5.94. The highest BCUT2D eigenvalue weighted by molar-refractivity contribution is 7.13. The van der Waals surface area contributed by atoms with Crippen LogP contribution in [0.1, 0.15) is 11.1 Å². The van der Waals surface area contributed by atoms with Gasteiger partial charge in [0.25, 0.3) is 0 Å². The molecule has 1 aromatic carbocycles. The maximum absolute atomic E-state index is 11.5. The van der Waals surface area contributed by atoms with Gasteiger partial charge in [-0.3, -0.25) is 10.1 Å². The van der Waals surface area contributed by atoms with Crippen molar-refractivity contribution in [2.45, 2.75) is 6.92 Å². The average Bonchev–Trinajstić information content (AvgIpc) is 2.81. The normalized spacial score (nSPS) is 10.6. The summed E-state index contributed by atoms with van der Waals surface area (Å²) in [6.07, 6.45) is 3.24. The van der Waals surface area contributed by atoms with Crippen LogP contribution in [0.25, 0.3) is 6.08 Å². The lowest BCUT2D eigenvalue weighted by molar-refractivity contribution is -0.111. The molecule has 2 rings (SSSR count). The molecule has 0 aliphatic heterocycles. The van der Waals surface area contributed by atoms with Crippen molar-refractivity contribution in [3.8, 4) is 0 Å². The van der Waals surface area contributed by atoms with Gasteiger partial charge in [0.2, 0.25) is 11.0 Å². The van der Waals surface area contributed by atoms with Gasteiger partial charge in [0, 0.05) is 6.08 Å². The number of aromatic nitrogens is 2. The molecule has 0 aliphatic carbocycles. The first-order valence-electron chi connectivity index (χ1n) is 5.06. The van der Waals surface area contributed by atoms with Crippen molar-refractivity contribution >= 4 is 28.5 Å². The monoisotopic (exact) mass is 245 g/mol. The molecule has 0 saturated heterocycles. The molecule has 0 saturated carbocycles. The number of hydrogen-bond acceptors (Lipinski definition) is 4. The quantitative estimate of drug-likeness (QED) is 0.845. The minimum absolute atomic E-state index is 0.206. The number of anilines is 1. The van der Waals surface area contributed by atoms with Crippen molar-refractivity contribution in [3.63, 3.8) is 0 Å². The molecule has 2 aromatic rings. The molecule has 0 radical (unpaired) electrons. The third-order valence-corrected chi connectivity index (χ3v) is 2.70. The Morgan fingerprint density at radius 3 is 2.76 bits per heavy atom. The number of benzene rings is 1. The van der Waals surface area contributed by atoms with E-state index in [9.17, 15) is 4.79 Å². The Morgan fingerprint density at radius 2 is 2.12 bits per heavy atom.